The van der Waals surface area contributed by atoms with Gasteiger partial charge in [-0.05, 0) is 50.1 Å². The summed E-state index contributed by atoms with van der Waals surface area (Å²) in [6.45, 7) is 5.38. The quantitative estimate of drug-likeness (QED) is 0.443. The number of pyridine rings is 1. The average Bonchev–Trinajstić information content (AvgIpc) is 2.95. The molecule has 2 aliphatic rings. The van der Waals surface area contributed by atoms with Crippen LogP contribution in [0.3, 0.4) is 0 Å². The van der Waals surface area contributed by atoms with Crippen molar-refractivity contribution in [1.29, 1.82) is 0 Å². The molecule has 2 saturated heterocycles. The van der Waals surface area contributed by atoms with E-state index < -0.39 is 10.0 Å². The van der Waals surface area contributed by atoms with Crippen molar-refractivity contribution in [3.05, 3.63) is 66.6 Å². The van der Waals surface area contributed by atoms with E-state index in [1.807, 2.05) is 24.3 Å². The van der Waals surface area contributed by atoms with Crippen molar-refractivity contribution in [2.75, 3.05) is 57.3 Å². The Morgan fingerprint density at radius 3 is 2.45 bits per heavy atom. The summed E-state index contributed by atoms with van der Waals surface area (Å²) in [5.74, 6) is -0.368. The highest BCUT2D eigenvalue weighted by molar-refractivity contribution is 7.89. The predicted octanol–water partition coefficient (Wildman–Crippen LogP) is 3.10. The van der Waals surface area contributed by atoms with Crippen molar-refractivity contribution in [2.24, 2.45) is 5.92 Å². The molecule has 8 nitrogen and oxygen atoms in total. The van der Waals surface area contributed by atoms with E-state index in [-0.39, 0.29) is 22.5 Å². The summed E-state index contributed by atoms with van der Waals surface area (Å²) in [5, 5.41) is 3.83. The highest BCUT2D eigenvalue weighted by atomic mass is 32.2. The zero-order valence-electron chi connectivity index (χ0n) is 21.4. The topological polar surface area (TPSA) is 85.9 Å². The van der Waals surface area contributed by atoms with E-state index in [2.05, 4.69) is 20.1 Å². The van der Waals surface area contributed by atoms with Crippen LogP contribution in [0, 0.1) is 11.7 Å². The number of fused-ring (bicyclic) bond motifs is 1. The standard InChI is InChI=1S/C28H34FN5O3S/c29-24-8-1-2-9-25(24)33-20-18-32(19-21-33)15-5-14-31-28(35)23-11-16-34(17-12-23)38(36,37)26-10-3-6-22-7-4-13-30-27(22)26/h1-4,6-10,13,23H,5,11-12,14-21H2,(H,31,35). The average molecular weight is 540 g/mol. The molecule has 202 valence electrons. The number of nitrogens with zero attached hydrogens (tertiary/aromatic N) is 4. The number of piperazine rings is 1. The van der Waals surface area contributed by atoms with Crippen molar-refractivity contribution in [3.8, 4) is 0 Å². The lowest BCUT2D eigenvalue weighted by atomic mass is 9.97. The number of piperidine rings is 1. The van der Waals surface area contributed by atoms with Gasteiger partial charge in [-0.25, -0.2) is 12.8 Å². The first-order chi connectivity index (χ1) is 18.4. The lowest BCUT2D eigenvalue weighted by Crippen LogP contribution is -2.47. The molecule has 0 unspecified atom stereocenters. The Morgan fingerprint density at radius 1 is 0.947 bits per heavy atom. The van der Waals surface area contributed by atoms with Gasteiger partial charge < -0.3 is 10.2 Å². The number of anilines is 1. The second-order valence-corrected chi connectivity index (χ2v) is 11.8. The third kappa shape index (κ3) is 5.82. The normalized spacial score (nSPS) is 18.1. The van der Waals surface area contributed by atoms with E-state index in [0.717, 1.165) is 44.5 Å². The van der Waals surface area contributed by atoms with Crippen LogP contribution in [0.1, 0.15) is 19.3 Å². The molecule has 0 bridgehead atoms. The molecule has 2 fully saturated rings. The van der Waals surface area contributed by atoms with Gasteiger partial charge in [-0.1, -0.05) is 30.3 Å². The van der Waals surface area contributed by atoms with Crippen LogP contribution in [0.4, 0.5) is 10.1 Å². The highest BCUT2D eigenvalue weighted by Crippen LogP contribution is 2.28. The number of hydrogen-bond donors (Lipinski definition) is 1. The fourth-order valence-corrected chi connectivity index (χ4v) is 7.00. The Morgan fingerprint density at radius 2 is 1.68 bits per heavy atom. The van der Waals surface area contributed by atoms with Gasteiger partial charge in [0, 0.05) is 63.3 Å². The van der Waals surface area contributed by atoms with Gasteiger partial charge in [-0.2, -0.15) is 4.31 Å². The summed E-state index contributed by atoms with van der Waals surface area (Å²) >= 11 is 0. The maximum Gasteiger partial charge on any atom is 0.245 e. The van der Waals surface area contributed by atoms with E-state index in [0.29, 0.717) is 43.7 Å². The van der Waals surface area contributed by atoms with Gasteiger partial charge in [0.2, 0.25) is 15.9 Å². The largest absolute Gasteiger partial charge is 0.367 e. The van der Waals surface area contributed by atoms with Crippen molar-refractivity contribution < 1.29 is 17.6 Å². The Hall–Kier alpha value is -3.08. The zero-order valence-corrected chi connectivity index (χ0v) is 22.2. The molecule has 0 aliphatic carbocycles. The summed E-state index contributed by atoms with van der Waals surface area (Å²) < 4.78 is 42.1. The number of sulfonamides is 1. The maximum atomic E-state index is 14.0. The molecule has 38 heavy (non-hydrogen) atoms. The molecule has 1 amide bonds. The van der Waals surface area contributed by atoms with Crippen LogP contribution < -0.4 is 10.2 Å². The number of hydrogen-bond acceptors (Lipinski definition) is 6. The second kappa shape index (κ2) is 11.8. The van der Waals surface area contributed by atoms with Crippen LogP contribution in [0.15, 0.2) is 65.7 Å². The summed E-state index contributed by atoms with van der Waals surface area (Å²) in [6, 6.07) is 15.7. The van der Waals surface area contributed by atoms with Gasteiger partial charge >= 0.3 is 0 Å². The summed E-state index contributed by atoms with van der Waals surface area (Å²) in [6.07, 6.45) is 3.44. The SMILES string of the molecule is O=C(NCCCN1CCN(c2ccccc2F)CC1)C1CCN(S(=O)(=O)c2cccc3cccnc23)CC1. The molecule has 5 rings (SSSR count). The molecule has 0 atom stereocenters. The van der Waals surface area contributed by atoms with Crippen LogP contribution in [0.2, 0.25) is 0 Å². The number of carbonyl (C=O) groups is 1. The molecule has 0 saturated carbocycles. The summed E-state index contributed by atoms with van der Waals surface area (Å²) in [4.78, 5) is 21.7. The maximum absolute atomic E-state index is 14.0. The van der Waals surface area contributed by atoms with E-state index in [1.165, 1.54) is 10.4 Å². The van der Waals surface area contributed by atoms with Gasteiger partial charge in [0.15, 0.2) is 0 Å². The monoisotopic (exact) mass is 539 g/mol. The number of rotatable bonds is 8. The molecular formula is C28H34FN5O3S. The number of para-hydroxylation sites is 2. The van der Waals surface area contributed by atoms with Gasteiger partial charge in [0.25, 0.3) is 0 Å². The second-order valence-electron chi connectivity index (χ2n) is 9.93. The van der Waals surface area contributed by atoms with E-state index >= 15 is 0 Å². The number of carbonyl (C=O) groups excluding carboxylic acids is 1. The molecule has 0 spiro atoms. The highest BCUT2D eigenvalue weighted by Gasteiger charge is 2.33. The minimum absolute atomic E-state index is 0.00162. The number of nitrogens with one attached hydrogen (secondary N) is 1. The smallest absolute Gasteiger partial charge is 0.245 e. The zero-order chi connectivity index (χ0) is 26.5. The molecule has 2 aliphatic heterocycles. The van der Waals surface area contributed by atoms with Crippen LogP contribution in [0.5, 0.6) is 0 Å². The Kier molecular flexibility index (Phi) is 8.21. The van der Waals surface area contributed by atoms with Crippen molar-refractivity contribution in [3.63, 3.8) is 0 Å². The molecule has 10 heteroatoms. The number of halogens is 1. The predicted molar refractivity (Wildman–Crippen MR) is 146 cm³/mol. The molecule has 2 aromatic carbocycles. The Balaban J connectivity index is 1.04. The lowest BCUT2D eigenvalue weighted by Gasteiger charge is -2.36. The van der Waals surface area contributed by atoms with E-state index in [1.54, 1.807) is 30.5 Å². The van der Waals surface area contributed by atoms with Crippen LogP contribution in [0.25, 0.3) is 10.9 Å². The van der Waals surface area contributed by atoms with Crippen LogP contribution in [-0.2, 0) is 14.8 Å². The first-order valence-electron chi connectivity index (χ1n) is 13.3. The van der Waals surface area contributed by atoms with Crippen LogP contribution >= 0.6 is 0 Å². The molecule has 0 radical (unpaired) electrons. The lowest BCUT2D eigenvalue weighted by molar-refractivity contribution is -0.126. The number of benzene rings is 2. The molecular weight excluding hydrogens is 505 g/mol. The fraction of sp³-hybridized carbons (Fsp3) is 0.429. The molecule has 3 aromatic rings. The fourth-order valence-electron chi connectivity index (χ4n) is 5.36. The first-order valence-corrected chi connectivity index (χ1v) is 14.7. The third-order valence-electron chi connectivity index (χ3n) is 7.55. The first kappa shape index (κ1) is 26.5. The molecule has 1 N–H and O–H groups in total. The third-order valence-corrected chi connectivity index (χ3v) is 9.48. The van der Waals surface area contributed by atoms with E-state index in [4.69, 9.17) is 0 Å². The van der Waals surface area contributed by atoms with Crippen molar-refractivity contribution in [1.82, 2.24) is 19.5 Å². The van der Waals surface area contributed by atoms with E-state index in [9.17, 15) is 17.6 Å². The molecule has 1 aromatic heterocycles. The van der Waals surface area contributed by atoms with Gasteiger partial charge in [-0.3, -0.25) is 14.7 Å². The minimum atomic E-state index is -3.69. The number of amides is 1. The van der Waals surface area contributed by atoms with Gasteiger partial charge in [-0.15, -0.1) is 0 Å². The Labute approximate surface area is 223 Å². The van der Waals surface area contributed by atoms with Gasteiger partial charge in [0.05, 0.1) is 11.2 Å². The summed E-state index contributed by atoms with van der Waals surface area (Å²) in [7, 11) is -3.69. The van der Waals surface area contributed by atoms with Crippen molar-refractivity contribution >= 4 is 32.5 Å². The van der Waals surface area contributed by atoms with Crippen molar-refractivity contribution in [2.45, 2.75) is 24.2 Å². The summed E-state index contributed by atoms with van der Waals surface area (Å²) in [5.41, 5.74) is 1.13. The van der Waals surface area contributed by atoms with Crippen LogP contribution in [-0.4, -0.2) is 80.9 Å². The minimum Gasteiger partial charge on any atom is -0.367 e. The number of aromatic nitrogens is 1. The Bertz CT molecular complexity index is 1360. The molecule has 3 heterocycles. The van der Waals surface area contributed by atoms with Gasteiger partial charge in [0.1, 0.15) is 10.7 Å².